The van der Waals surface area contributed by atoms with E-state index in [9.17, 15) is 78.3 Å². The zero-order valence-corrected chi connectivity index (χ0v) is 39.9. The molecule has 11 fully saturated rings. The Morgan fingerprint density at radius 2 is 0.542 bits per heavy atom. The van der Waals surface area contributed by atoms with Gasteiger partial charge in [0.25, 0.3) is 0 Å². The molecule has 0 saturated heterocycles. The third kappa shape index (κ3) is 12.8. The summed E-state index contributed by atoms with van der Waals surface area (Å²) in [7, 11) is 0. The van der Waals surface area contributed by atoms with Crippen LogP contribution in [0.5, 0.6) is 0 Å². The Hall–Kier alpha value is -5.87. The van der Waals surface area contributed by atoms with Gasteiger partial charge in [0.15, 0.2) is 0 Å². The first-order valence-corrected chi connectivity index (χ1v) is 24.6. The summed E-state index contributed by atoms with van der Waals surface area (Å²) in [4.78, 5) is 120. The minimum absolute atomic E-state index is 0.0223. The molecule has 0 radical (unpaired) electrons. The predicted molar refractivity (Wildman–Crippen MR) is 240 cm³/mol. The fourth-order valence-electron chi connectivity index (χ4n) is 14.8. The summed E-state index contributed by atoms with van der Waals surface area (Å²) in [6.07, 6.45) is 10.8. The van der Waals surface area contributed by atoms with Crippen molar-refractivity contribution in [3.8, 4) is 0 Å². The Morgan fingerprint density at radius 1 is 0.278 bits per heavy atom. The number of hydrogen-bond donors (Lipinski definition) is 12. The van der Waals surface area contributed by atoms with Crippen molar-refractivity contribution < 1.29 is 114 Å². The number of hydrogen-bond acceptors (Lipinski definition) is 12. The lowest BCUT2D eigenvalue weighted by Gasteiger charge is -2.61. The van der Waals surface area contributed by atoms with Crippen LogP contribution >= 0.6 is 0 Å². The molecule has 11 saturated carbocycles. The van der Waals surface area contributed by atoms with E-state index >= 15 is 0 Å². The average Bonchev–Trinajstić information content (AvgIpc) is 3.28. The molecule has 23 heteroatoms. The number of carboxylic acid groups (broad SMARTS) is 11. The highest BCUT2D eigenvalue weighted by atomic mass is 16.4. The Labute approximate surface area is 413 Å². The van der Waals surface area contributed by atoms with E-state index < -0.39 is 123 Å². The van der Waals surface area contributed by atoms with E-state index in [-0.39, 0.29) is 56.3 Å². The van der Waals surface area contributed by atoms with Crippen molar-refractivity contribution in [3.05, 3.63) is 0 Å². The molecule has 4 unspecified atom stereocenters. The first-order chi connectivity index (χ1) is 33.4. The van der Waals surface area contributed by atoms with Gasteiger partial charge in [-0.25, -0.2) is 0 Å². The van der Waals surface area contributed by atoms with Crippen molar-refractivity contribution in [1.82, 2.24) is 0 Å². The topological polar surface area (TPSA) is 431 Å². The smallest absolute Gasteiger partial charge is 0.309 e. The fourth-order valence-corrected chi connectivity index (χ4v) is 14.8. The van der Waals surface area contributed by atoms with E-state index in [0.717, 1.165) is 6.42 Å². The van der Waals surface area contributed by atoms with Crippen LogP contribution in [0.1, 0.15) is 148 Å². The maximum atomic E-state index is 11.5. The lowest BCUT2D eigenvalue weighted by Crippen LogP contribution is -2.64. The van der Waals surface area contributed by atoms with Crippen LogP contribution in [0.15, 0.2) is 0 Å². The molecular formula is C49H68O23. The average molecular weight is 1030 g/mol. The molecule has 0 spiro atoms. The molecule has 0 aromatic rings. The van der Waals surface area contributed by atoms with E-state index in [1.54, 1.807) is 0 Å². The molecule has 402 valence electrons. The lowest BCUT2D eigenvalue weighted by atomic mass is 9.42. The summed E-state index contributed by atoms with van der Waals surface area (Å²) in [5, 5.41) is 109. The van der Waals surface area contributed by atoms with Gasteiger partial charge in [-0.05, 0) is 159 Å². The second-order valence-corrected chi connectivity index (χ2v) is 22.8. The molecule has 0 amide bonds. The maximum Gasteiger partial charge on any atom is 0.309 e. The van der Waals surface area contributed by atoms with E-state index in [1.165, 1.54) is 0 Å². The van der Waals surface area contributed by atoms with Gasteiger partial charge >= 0.3 is 65.7 Å². The van der Waals surface area contributed by atoms with Gasteiger partial charge in [-0.2, -0.15) is 0 Å². The molecule has 11 rings (SSSR count). The van der Waals surface area contributed by atoms with E-state index in [0.29, 0.717) is 115 Å². The second-order valence-electron chi connectivity index (χ2n) is 22.8. The molecule has 0 heterocycles. The quantitative estimate of drug-likeness (QED) is 0.132. The van der Waals surface area contributed by atoms with Crippen LogP contribution in [0.4, 0.5) is 0 Å². The van der Waals surface area contributed by atoms with Crippen LogP contribution in [0.25, 0.3) is 0 Å². The second kappa shape index (κ2) is 22.1. The van der Waals surface area contributed by atoms with Crippen LogP contribution in [-0.2, 0) is 52.7 Å². The summed E-state index contributed by atoms with van der Waals surface area (Å²) < 4.78 is 0. The maximum absolute atomic E-state index is 11.5. The SMILES string of the molecule is O=C(O)C12CC3CC(C1)CC(C(=O)O)(C3)C2.O=C(O)C12CC3CC(O)(C1)CC(C(=O)O)(C3)C2.O=C(O)C1CC(C(=O)O)CC(C(=O)O)C1.O=C(O)C1CCC(C(=O)O)CC1.O=C(O)C1CCCC(C(=O)O)C1. The van der Waals surface area contributed by atoms with Gasteiger partial charge < -0.3 is 61.3 Å². The Balaban J connectivity index is 0.000000168. The van der Waals surface area contributed by atoms with Crippen molar-refractivity contribution in [1.29, 1.82) is 0 Å². The zero-order chi connectivity index (χ0) is 53.9. The highest BCUT2D eigenvalue weighted by molar-refractivity contribution is 5.83. The first kappa shape index (κ1) is 57.0. The summed E-state index contributed by atoms with van der Waals surface area (Å²) in [6, 6.07) is 0. The molecule has 11 aliphatic carbocycles. The monoisotopic (exact) mass is 1020 g/mol. The fraction of sp³-hybridized carbons (Fsp3) is 0.776. The van der Waals surface area contributed by atoms with Crippen LogP contribution < -0.4 is 0 Å². The van der Waals surface area contributed by atoms with Gasteiger partial charge in [-0.15, -0.1) is 0 Å². The zero-order valence-electron chi connectivity index (χ0n) is 39.9. The Kier molecular flexibility index (Phi) is 17.5. The Bertz CT molecular complexity index is 1980. The summed E-state index contributed by atoms with van der Waals surface area (Å²) in [5.41, 5.74) is -4.53. The highest BCUT2D eigenvalue weighted by Crippen LogP contribution is 2.67. The largest absolute Gasteiger partial charge is 0.481 e. The van der Waals surface area contributed by atoms with Crippen LogP contribution in [0.2, 0.25) is 0 Å². The van der Waals surface area contributed by atoms with Crippen molar-refractivity contribution in [2.75, 3.05) is 0 Å². The molecule has 72 heavy (non-hydrogen) atoms. The third-order valence-corrected chi connectivity index (χ3v) is 17.5. The Morgan fingerprint density at radius 3 is 0.806 bits per heavy atom. The van der Waals surface area contributed by atoms with Crippen LogP contribution in [-0.4, -0.2) is 133 Å². The van der Waals surface area contributed by atoms with Crippen molar-refractivity contribution in [2.45, 2.75) is 153 Å². The van der Waals surface area contributed by atoms with Gasteiger partial charge in [0, 0.05) is 0 Å². The number of rotatable bonds is 11. The van der Waals surface area contributed by atoms with Crippen LogP contribution in [0, 0.1) is 80.8 Å². The molecule has 12 N–H and O–H groups in total. The highest BCUT2D eigenvalue weighted by Gasteiger charge is 2.68. The van der Waals surface area contributed by atoms with Crippen molar-refractivity contribution in [2.24, 2.45) is 80.8 Å². The van der Waals surface area contributed by atoms with E-state index in [4.69, 9.17) is 35.7 Å². The number of aliphatic carboxylic acids is 11. The predicted octanol–water partition coefficient (Wildman–Crippen LogP) is 4.80. The molecule has 11 aliphatic rings. The molecular weight excluding hydrogens is 957 g/mol. The van der Waals surface area contributed by atoms with Gasteiger partial charge in [-0.3, -0.25) is 52.7 Å². The number of carboxylic acids is 11. The summed E-state index contributed by atoms with van der Waals surface area (Å²) >= 11 is 0. The molecule has 0 aromatic carbocycles. The standard InChI is InChI=1S/C12H16O5.C12H16O4.C9H12O6.2C8H12O4/c13-8(14)10-1-7-2-11(4-10,9(15)16)6-12(17,3-7)5-10;13-9(14)11-2-7-1-8(4-11)5-12(3-7,6-11)10(15)16;10-7(11)4-1-5(8(12)13)3-6(2-4)9(14)15;9-7(10)5-1-2-6(4-3-5)8(11)12;9-7(10)5-2-1-3-6(4-5)8(11)12/h7,17H,1-6H2,(H,13,14)(H,15,16);7-8H,1-6H2,(H,13,14)(H,15,16);4-6H,1-3H2,(H,10,11)(H,12,13)(H,14,15);2*5-6H,1-4H2,(H,9,10)(H,11,12). The number of carbonyl (C=O) groups is 11. The van der Waals surface area contributed by atoms with Crippen molar-refractivity contribution >= 4 is 65.7 Å². The van der Waals surface area contributed by atoms with Gasteiger partial charge in [-0.1, -0.05) is 6.42 Å². The minimum Gasteiger partial charge on any atom is -0.481 e. The lowest BCUT2D eigenvalue weighted by molar-refractivity contribution is -0.220. The van der Waals surface area contributed by atoms with E-state index in [2.05, 4.69) is 0 Å². The third-order valence-electron chi connectivity index (χ3n) is 17.5. The normalized spacial score (nSPS) is 39.4. The van der Waals surface area contributed by atoms with Gasteiger partial charge in [0.1, 0.15) is 0 Å². The van der Waals surface area contributed by atoms with E-state index in [1.807, 2.05) is 0 Å². The van der Waals surface area contributed by atoms with Gasteiger partial charge in [0.05, 0.1) is 68.7 Å². The molecule has 0 aromatic heterocycles. The van der Waals surface area contributed by atoms with Gasteiger partial charge in [0.2, 0.25) is 0 Å². The summed E-state index contributed by atoms with van der Waals surface area (Å²) in [6.45, 7) is 0. The van der Waals surface area contributed by atoms with Crippen molar-refractivity contribution in [3.63, 3.8) is 0 Å². The molecule has 23 nitrogen and oxygen atoms in total. The first-order valence-electron chi connectivity index (χ1n) is 24.6. The summed E-state index contributed by atoms with van der Waals surface area (Å²) in [5.74, 6) is -13.5. The molecule has 8 bridgehead atoms. The van der Waals surface area contributed by atoms with Crippen LogP contribution in [0.3, 0.4) is 0 Å². The molecule has 4 atom stereocenters. The minimum atomic E-state index is -1.12. The number of aliphatic hydroxyl groups is 1. The molecule has 0 aliphatic heterocycles.